The van der Waals surface area contributed by atoms with Crippen LogP contribution in [0.15, 0.2) is 0 Å². The van der Waals surface area contributed by atoms with Gasteiger partial charge in [-0.15, -0.1) is 0 Å². The predicted molar refractivity (Wildman–Crippen MR) is 141 cm³/mol. The largest absolute Gasteiger partial charge is 0.396 e. The lowest BCUT2D eigenvalue weighted by atomic mass is 9.87. The van der Waals surface area contributed by atoms with Crippen molar-refractivity contribution in [3.63, 3.8) is 0 Å². The summed E-state index contributed by atoms with van der Waals surface area (Å²) in [7, 11) is 0. The van der Waals surface area contributed by atoms with Crippen LogP contribution < -0.4 is 10.6 Å². The number of carbonyl (C=O) groups is 3. The van der Waals surface area contributed by atoms with Crippen molar-refractivity contribution in [1.29, 1.82) is 0 Å². The van der Waals surface area contributed by atoms with Gasteiger partial charge in [0.25, 0.3) is 0 Å². The molecule has 34 heavy (non-hydrogen) atoms. The summed E-state index contributed by atoms with van der Waals surface area (Å²) >= 11 is 1.53. The first-order valence-corrected chi connectivity index (χ1v) is 14.3. The SMILES string of the molecule is CCCCCCCCCCCCCC(=O)CSCCNC(=O)CCNC(=O)C(O)C(C)(C)CO. The summed E-state index contributed by atoms with van der Waals surface area (Å²) in [5.74, 6) is 0.649. The number of amides is 2. The van der Waals surface area contributed by atoms with Gasteiger partial charge in [0, 0.05) is 37.1 Å². The van der Waals surface area contributed by atoms with E-state index in [1.165, 1.54) is 69.5 Å². The molecule has 7 nitrogen and oxygen atoms in total. The van der Waals surface area contributed by atoms with Crippen LogP contribution in [-0.2, 0) is 14.4 Å². The number of aliphatic hydroxyl groups excluding tert-OH is 2. The van der Waals surface area contributed by atoms with E-state index in [4.69, 9.17) is 0 Å². The number of Topliss-reactive ketones (excluding diaryl/α,β-unsaturated/α-hetero) is 1. The second-order valence-corrected chi connectivity index (χ2v) is 10.9. The molecule has 0 aliphatic heterocycles. The van der Waals surface area contributed by atoms with Crippen LogP contribution in [0.1, 0.15) is 104 Å². The molecule has 4 N–H and O–H groups in total. The quantitative estimate of drug-likeness (QED) is 0.157. The summed E-state index contributed by atoms with van der Waals surface area (Å²) < 4.78 is 0. The van der Waals surface area contributed by atoms with Gasteiger partial charge in [0.1, 0.15) is 11.9 Å². The molecule has 0 aliphatic rings. The molecule has 0 bridgehead atoms. The van der Waals surface area contributed by atoms with E-state index in [1.54, 1.807) is 13.8 Å². The fourth-order valence-electron chi connectivity index (χ4n) is 3.43. The number of thioether (sulfide) groups is 1. The number of nitrogens with one attached hydrogen (secondary N) is 2. The molecule has 0 aromatic carbocycles. The second kappa shape index (κ2) is 21.2. The average Bonchev–Trinajstić information content (AvgIpc) is 2.81. The van der Waals surface area contributed by atoms with Gasteiger partial charge in [-0.3, -0.25) is 14.4 Å². The Bertz CT molecular complexity index is 557. The van der Waals surface area contributed by atoms with E-state index in [2.05, 4.69) is 17.6 Å². The van der Waals surface area contributed by atoms with Crippen molar-refractivity contribution in [1.82, 2.24) is 10.6 Å². The van der Waals surface area contributed by atoms with Gasteiger partial charge in [0.15, 0.2) is 0 Å². The minimum atomic E-state index is -1.33. The van der Waals surface area contributed by atoms with E-state index in [0.717, 1.165) is 12.8 Å². The first-order valence-electron chi connectivity index (χ1n) is 13.2. The molecule has 0 saturated carbocycles. The summed E-state index contributed by atoms with van der Waals surface area (Å²) in [6.45, 7) is 5.70. The van der Waals surface area contributed by atoms with Gasteiger partial charge >= 0.3 is 0 Å². The molecular formula is C26H50N2O5S. The van der Waals surface area contributed by atoms with Crippen LogP contribution in [0.3, 0.4) is 0 Å². The Labute approximate surface area is 211 Å². The molecule has 0 saturated heterocycles. The van der Waals surface area contributed by atoms with Gasteiger partial charge in [0.05, 0.1) is 12.4 Å². The first kappa shape index (κ1) is 32.9. The molecule has 0 rings (SSSR count). The van der Waals surface area contributed by atoms with Crippen LogP contribution in [0, 0.1) is 5.41 Å². The zero-order chi connectivity index (χ0) is 25.7. The third kappa shape index (κ3) is 18.2. The predicted octanol–water partition coefficient (Wildman–Crippen LogP) is 3.99. The van der Waals surface area contributed by atoms with Crippen LogP contribution in [0.25, 0.3) is 0 Å². The molecule has 0 aromatic rings. The standard InChI is InChI=1S/C26H50N2O5S/c1-4-5-6-7-8-9-10-11-12-13-14-15-22(30)20-34-19-18-27-23(31)16-17-28-25(33)24(32)26(2,3)21-29/h24,29,32H,4-21H2,1-3H3,(H,27,31)(H,28,33). The smallest absolute Gasteiger partial charge is 0.249 e. The van der Waals surface area contributed by atoms with Gasteiger partial charge in [0.2, 0.25) is 11.8 Å². The molecule has 1 atom stereocenters. The summed E-state index contributed by atoms with van der Waals surface area (Å²) in [5, 5.41) is 24.4. The van der Waals surface area contributed by atoms with Crippen LogP contribution in [0.4, 0.5) is 0 Å². The zero-order valence-corrected chi connectivity index (χ0v) is 22.6. The molecule has 2 amide bonds. The Morgan fingerprint density at radius 2 is 1.38 bits per heavy atom. The lowest BCUT2D eigenvalue weighted by Crippen LogP contribution is -2.46. The van der Waals surface area contributed by atoms with Gasteiger partial charge in [-0.1, -0.05) is 85.0 Å². The molecule has 0 heterocycles. The van der Waals surface area contributed by atoms with Crippen molar-refractivity contribution < 1.29 is 24.6 Å². The highest BCUT2D eigenvalue weighted by molar-refractivity contribution is 7.99. The highest BCUT2D eigenvalue weighted by Crippen LogP contribution is 2.19. The van der Waals surface area contributed by atoms with Crippen LogP contribution >= 0.6 is 11.8 Å². The number of hydrogen-bond acceptors (Lipinski definition) is 6. The maximum Gasteiger partial charge on any atom is 0.249 e. The van der Waals surface area contributed by atoms with E-state index in [0.29, 0.717) is 24.5 Å². The van der Waals surface area contributed by atoms with Gasteiger partial charge < -0.3 is 20.8 Å². The van der Waals surface area contributed by atoms with Crippen molar-refractivity contribution in [3.8, 4) is 0 Å². The molecule has 0 spiro atoms. The Hall–Kier alpha value is -1.12. The van der Waals surface area contributed by atoms with Gasteiger partial charge in [-0.2, -0.15) is 11.8 Å². The molecular weight excluding hydrogens is 452 g/mol. The fraction of sp³-hybridized carbons (Fsp3) is 0.885. The van der Waals surface area contributed by atoms with Crippen molar-refractivity contribution in [2.24, 2.45) is 5.41 Å². The molecule has 0 fully saturated rings. The minimum absolute atomic E-state index is 0.112. The van der Waals surface area contributed by atoms with Crippen molar-refractivity contribution in [3.05, 3.63) is 0 Å². The molecule has 0 aliphatic carbocycles. The summed E-state index contributed by atoms with van der Waals surface area (Å²) in [5.41, 5.74) is -0.936. The number of rotatable bonds is 23. The summed E-state index contributed by atoms with van der Waals surface area (Å²) in [6, 6.07) is 0. The van der Waals surface area contributed by atoms with Crippen LogP contribution in [0.2, 0.25) is 0 Å². The molecule has 200 valence electrons. The van der Waals surface area contributed by atoms with Crippen LogP contribution in [0.5, 0.6) is 0 Å². The number of aliphatic hydroxyl groups is 2. The third-order valence-corrected chi connectivity index (χ3v) is 6.96. The highest BCUT2D eigenvalue weighted by atomic mass is 32.2. The zero-order valence-electron chi connectivity index (χ0n) is 21.8. The monoisotopic (exact) mass is 502 g/mol. The summed E-state index contributed by atoms with van der Waals surface area (Å²) in [6.07, 6.45) is 13.5. The molecule has 8 heteroatoms. The summed E-state index contributed by atoms with van der Waals surface area (Å²) in [4.78, 5) is 35.6. The van der Waals surface area contributed by atoms with E-state index < -0.39 is 17.4 Å². The van der Waals surface area contributed by atoms with E-state index in [1.807, 2.05) is 0 Å². The number of hydrogen-bond donors (Lipinski definition) is 4. The van der Waals surface area contributed by atoms with E-state index in [-0.39, 0.29) is 31.3 Å². The Morgan fingerprint density at radius 1 is 0.824 bits per heavy atom. The number of carbonyl (C=O) groups excluding carboxylic acids is 3. The lowest BCUT2D eigenvalue weighted by Gasteiger charge is -2.27. The molecule has 0 aromatic heterocycles. The first-order chi connectivity index (χ1) is 16.2. The Morgan fingerprint density at radius 3 is 1.94 bits per heavy atom. The Balaban J connectivity index is 3.54. The minimum Gasteiger partial charge on any atom is -0.396 e. The van der Waals surface area contributed by atoms with Gasteiger partial charge in [-0.25, -0.2) is 0 Å². The van der Waals surface area contributed by atoms with Gasteiger partial charge in [-0.05, 0) is 6.42 Å². The van der Waals surface area contributed by atoms with Crippen molar-refractivity contribution >= 4 is 29.4 Å². The maximum absolute atomic E-state index is 12.0. The van der Waals surface area contributed by atoms with Crippen LogP contribution in [-0.4, -0.2) is 65.1 Å². The van der Waals surface area contributed by atoms with Crippen molar-refractivity contribution in [2.75, 3.05) is 31.2 Å². The normalized spacial score (nSPS) is 12.4. The van der Waals surface area contributed by atoms with E-state index >= 15 is 0 Å². The third-order valence-electron chi connectivity index (χ3n) is 5.94. The topological polar surface area (TPSA) is 116 Å². The Kier molecular flexibility index (Phi) is 20.5. The highest BCUT2D eigenvalue weighted by Gasteiger charge is 2.32. The average molecular weight is 503 g/mol. The fourth-order valence-corrected chi connectivity index (χ4v) is 4.20. The molecule has 0 radical (unpaired) electrons. The second-order valence-electron chi connectivity index (χ2n) is 9.82. The molecule has 1 unspecified atom stereocenters. The number of ketones is 1. The maximum atomic E-state index is 12.0. The lowest BCUT2D eigenvalue weighted by molar-refractivity contribution is -0.137. The van der Waals surface area contributed by atoms with E-state index in [9.17, 15) is 24.6 Å². The number of unbranched alkanes of at least 4 members (excludes halogenated alkanes) is 10. The van der Waals surface area contributed by atoms with Crippen molar-refractivity contribution in [2.45, 2.75) is 110 Å².